The van der Waals surface area contributed by atoms with Crippen molar-refractivity contribution in [3.63, 3.8) is 0 Å². The number of carbonyl (C=O) groups excluding carboxylic acids is 3. The van der Waals surface area contributed by atoms with Crippen LogP contribution in [0.1, 0.15) is 86.5 Å². The van der Waals surface area contributed by atoms with Crippen molar-refractivity contribution in [2.24, 2.45) is 28.6 Å². The monoisotopic (exact) mass is 546 g/mol. The smallest absolute Gasteiger partial charge is 0.309 e. The number of rotatable bonds is 11. The molecule has 1 spiro atoms. The Hall–Kier alpha value is -2.45. The number of ether oxygens (including phenoxy) is 4. The van der Waals surface area contributed by atoms with Gasteiger partial charge in [0.05, 0.1) is 17.4 Å². The highest BCUT2D eigenvalue weighted by Crippen LogP contribution is 2.67. The molecule has 3 aliphatic rings. The fraction of sp³-hybridized carbons (Fsp3) is 0.710. The average Bonchev–Trinajstić information content (AvgIpc) is 3.17. The molecule has 0 aromatic rings. The summed E-state index contributed by atoms with van der Waals surface area (Å²) in [5.41, 5.74) is -0.153. The maximum absolute atomic E-state index is 12.9. The molecule has 3 rings (SSSR count). The van der Waals surface area contributed by atoms with Crippen LogP contribution in [0.15, 0.2) is 36.5 Å². The van der Waals surface area contributed by atoms with Crippen LogP contribution in [-0.4, -0.2) is 47.8 Å². The van der Waals surface area contributed by atoms with Gasteiger partial charge in [-0.25, -0.2) is 0 Å². The molecule has 218 valence electrons. The Balaban J connectivity index is 2.18. The molecular weight excluding hydrogens is 500 g/mol. The zero-order chi connectivity index (χ0) is 29.1. The van der Waals surface area contributed by atoms with Gasteiger partial charge in [0.2, 0.25) is 12.6 Å². The van der Waals surface area contributed by atoms with Crippen molar-refractivity contribution >= 4 is 17.9 Å². The standard InChI is InChI=1S/C31H46O8/c1-9-12-26(34)38-28-23-16-22(37-27(35)19(5)11-3)17-24-30(8,14-13-18(4)10-2)20(6)15-25(33)31(23,24)29(39-28)36-21(7)32/h10,16,19-20,22,24-25,28-29,33H,2,4,9,11-15,17H2,1,3,5-8H3/t19?,20-,22+,24+,25?,28+,29-,30-,31?/m0/s1. The summed E-state index contributed by atoms with van der Waals surface area (Å²) in [6.45, 7) is 19.1. The molecule has 2 aliphatic carbocycles. The maximum atomic E-state index is 12.9. The molecule has 0 amide bonds. The van der Waals surface area contributed by atoms with Gasteiger partial charge >= 0.3 is 17.9 Å². The summed E-state index contributed by atoms with van der Waals surface area (Å²) in [6, 6.07) is 0. The van der Waals surface area contributed by atoms with Gasteiger partial charge in [0.25, 0.3) is 0 Å². The molecule has 2 fully saturated rings. The number of hydrogen-bond acceptors (Lipinski definition) is 8. The molecule has 1 saturated carbocycles. The molecule has 0 aromatic heterocycles. The van der Waals surface area contributed by atoms with E-state index in [2.05, 4.69) is 27.0 Å². The summed E-state index contributed by atoms with van der Waals surface area (Å²) in [5, 5.41) is 11.8. The van der Waals surface area contributed by atoms with Gasteiger partial charge in [0.1, 0.15) is 6.10 Å². The Morgan fingerprint density at radius 2 is 1.90 bits per heavy atom. The van der Waals surface area contributed by atoms with E-state index in [1.807, 2.05) is 20.8 Å². The molecule has 1 N–H and O–H groups in total. The van der Waals surface area contributed by atoms with Crippen molar-refractivity contribution in [1.82, 2.24) is 0 Å². The quantitative estimate of drug-likeness (QED) is 0.159. The molecule has 0 aromatic carbocycles. The van der Waals surface area contributed by atoms with Crippen molar-refractivity contribution in [2.45, 2.75) is 111 Å². The van der Waals surface area contributed by atoms with E-state index >= 15 is 0 Å². The lowest BCUT2D eigenvalue weighted by molar-refractivity contribution is -0.255. The van der Waals surface area contributed by atoms with Gasteiger partial charge in [-0.1, -0.05) is 59.4 Å². The van der Waals surface area contributed by atoms with Crippen LogP contribution in [0.5, 0.6) is 0 Å². The van der Waals surface area contributed by atoms with Crippen molar-refractivity contribution in [1.29, 1.82) is 0 Å². The van der Waals surface area contributed by atoms with E-state index in [0.717, 1.165) is 12.0 Å². The van der Waals surface area contributed by atoms with Crippen LogP contribution in [-0.2, 0) is 33.3 Å². The van der Waals surface area contributed by atoms with Gasteiger partial charge in [0, 0.05) is 18.9 Å². The van der Waals surface area contributed by atoms with Crippen molar-refractivity contribution in [2.75, 3.05) is 0 Å². The molecule has 1 aliphatic heterocycles. The zero-order valence-corrected chi connectivity index (χ0v) is 24.4. The lowest BCUT2D eigenvalue weighted by Gasteiger charge is -2.60. The van der Waals surface area contributed by atoms with Crippen molar-refractivity contribution < 1.29 is 38.4 Å². The van der Waals surface area contributed by atoms with E-state index in [4.69, 9.17) is 18.9 Å². The second kappa shape index (κ2) is 12.4. The normalized spacial score (nSPS) is 36.0. The highest BCUT2D eigenvalue weighted by atomic mass is 16.8. The fourth-order valence-electron chi connectivity index (χ4n) is 6.68. The summed E-state index contributed by atoms with van der Waals surface area (Å²) in [5.74, 6) is -1.86. The van der Waals surface area contributed by atoms with Crippen molar-refractivity contribution in [3.05, 3.63) is 36.5 Å². The Morgan fingerprint density at radius 3 is 2.49 bits per heavy atom. The molecule has 1 heterocycles. The first-order valence-electron chi connectivity index (χ1n) is 14.3. The molecule has 0 radical (unpaired) electrons. The Labute approximate surface area is 232 Å². The van der Waals surface area contributed by atoms with Gasteiger partial charge in [-0.3, -0.25) is 19.1 Å². The largest absolute Gasteiger partial charge is 0.458 e. The molecule has 0 bridgehead atoms. The number of carbonyl (C=O) groups is 3. The molecular formula is C31H46O8. The van der Waals surface area contributed by atoms with E-state index < -0.39 is 47.6 Å². The number of aliphatic hydroxyl groups is 1. The van der Waals surface area contributed by atoms with E-state index in [1.54, 1.807) is 12.2 Å². The first-order valence-corrected chi connectivity index (χ1v) is 14.3. The first kappa shape index (κ1) is 31.1. The number of allylic oxidation sites excluding steroid dienone is 2. The van der Waals surface area contributed by atoms with E-state index in [0.29, 0.717) is 37.7 Å². The second-order valence-corrected chi connectivity index (χ2v) is 11.8. The van der Waals surface area contributed by atoms with E-state index in [1.165, 1.54) is 6.92 Å². The Morgan fingerprint density at radius 1 is 1.21 bits per heavy atom. The fourth-order valence-corrected chi connectivity index (χ4v) is 6.68. The highest BCUT2D eigenvalue weighted by molar-refractivity contribution is 5.72. The molecule has 39 heavy (non-hydrogen) atoms. The highest BCUT2D eigenvalue weighted by Gasteiger charge is 2.71. The van der Waals surface area contributed by atoms with Gasteiger partial charge in [0.15, 0.2) is 0 Å². The van der Waals surface area contributed by atoms with Crippen LogP contribution in [0, 0.1) is 28.6 Å². The lowest BCUT2D eigenvalue weighted by Crippen LogP contribution is -2.63. The van der Waals surface area contributed by atoms with Crippen molar-refractivity contribution in [3.8, 4) is 0 Å². The Bertz CT molecular complexity index is 1000. The molecule has 9 atom stereocenters. The van der Waals surface area contributed by atoms with Crippen LogP contribution in [0.4, 0.5) is 0 Å². The maximum Gasteiger partial charge on any atom is 0.309 e. The van der Waals surface area contributed by atoms with Crippen LogP contribution in [0.2, 0.25) is 0 Å². The summed E-state index contributed by atoms with van der Waals surface area (Å²) < 4.78 is 23.7. The third-order valence-electron chi connectivity index (χ3n) is 9.37. The average molecular weight is 547 g/mol. The molecule has 3 unspecified atom stereocenters. The molecule has 1 saturated heterocycles. The summed E-state index contributed by atoms with van der Waals surface area (Å²) in [7, 11) is 0. The number of aliphatic hydroxyl groups excluding tert-OH is 1. The summed E-state index contributed by atoms with van der Waals surface area (Å²) >= 11 is 0. The second-order valence-electron chi connectivity index (χ2n) is 11.8. The number of esters is 3. The van der Waals surface area contributed by atoms with Gasteiger partial charge in [-0.15, -0.1) is 0 Å². The predicted octanol–water partition coefficient (Wildman–Crippen LogP) is 5.40. The minimum atomic E-state index is -1.17. The predicted molar refractivity (Wildman–Crippen MR) is 146 cm³/mol. The van der Waals surface area contributed by atoms with Gasteiger partial charge in [-0.2, -0.15) is 0 Å². The SMILES string of the molecule is C=CC(=C)CC[C@@]1(C)[C@@H](C)CC(O)C23C(=C[C@@H](OC(=O)C(C)CC)C[C@@H]21)[C@H](OC(=O)CCC)O[C@@H]3OC(C)=O. The van der Waals surface area contributed by atoms with Gasteiger partial charge < -0.3 is 19.3 Å². The van der Waals surface area contributed by atoms with E-state index in [9.17, 15) is 19.5 Å². The van der Waals surface area contributed by atoms with Gasteiger partial charge in [-0.05, 0) is 61.9 Å². The minimum Gasteiger partial charge on any atom is -0.458 e. The summed E-state index contributed by atoms with van der Waals surface area (Å²) in [4.78, 5) is 37.8. The minimum absolute atomic E-state index is 0.0747. The van der Waals surface area contributed by atoms with E-state index in [-0.39, 0.29) is 30.1 Å². The van der Waals surface area contributed by atoms with Crippen LogP contribution in [0.25, 0.3) is 0 Å². The lowest BCUT2D eigenvalue weighted by atomic mass is 9.45. The zero-order valence-electron chi connectivity index (χ0n) is 24.4. The van der Waals surface area contributed by atoms with Crippen LogP contribution < -0.4 is 0 Å². The first-order chi connectivity index (χ1) is 18.3. The molecule has 8 nitrogen and oxygen atoms in total. The molecule has 8 heteroatoms. The third-order valence-corrected chi connectivity index (χ3v) is 9.37. The third kappa shape index (κ3) is 5.87. The van der Waals surface area contributed by atoms with Crippen LogP contribution in [0.3, 0.4) is 0 Å². The Kier molecular flexibility index (Phi) is 9.87. The topological polar surface area (TPSA) is 108 Å². The summed E-state index contributed by atoms with van der Waals surface area (Å²) in [6.07, 6.45) is 3.28. The van der Waals surface area contributed by atoms with Crippen LogP contribution >= 0.6 is 0 Å². The number of hydrogen-bond donors (Lipinski definition) is 1.